The molecule has 1 rings (SSSR count). The molecule has 0 radical (unpaired) electrons. The molecule has 0 aromatic carbocycles. The number of hydrogen-bond donors (Lipinski definition) is 1. The maximum atomic E-state index is 12.4. The van der Waals surface area contributed by atoms with Gasteiger partial charge in [0.15, 0.2) is 0 Å². The fourth-order valence-electron chi connectivity index (χ4n) is 0.993. The van der Waals surface area contributed by atoms with Gasteiger partial charge < -0.3 is 5.11 Å². The van der Waals surface area contributed by atoms with Crippen molar-refractivity contribution < 1.29 is 13.9 Å². The molecule has 0 aliphatic heterocycles. The van der Waals surface area contributed by atoms with Crippen LogP contribution in [0.4, 0.5) is 8.78 Å². The smallest absolute Gasteiger partial charge is 0.265 e. The van der Waals surface area contributed by atoms with Gasteiger partial charge >= 0.3 is 0 Å². The molecule has 0 aliphatic rings. The maximum absolute atomic E-state index is 12.4. The molecular weight excluding hydrogens is 235 g/mol. The standard InChI is InChI=1S/C8H7Cl2F2NO/c9-2-6-5(10)1-4(8(11)12)7(3-14)13-6/h1,8,14H,2-3H2. The third-order valence-electron chi connectivity index (χ3n) is 1.67. The first-order valence-corrected chi connectivity index (χ1v) is 4.64. The molecule has 1 heterocycles. The molecule has 0 bridgehead atoms. The predicted octanol–water partition coefficient (Wildman–Crippen LogP) is 2.90. The zero-order valence-electron chi connectivity index (χ0n) is 6.98. The van der Waals surface area contributed by atoms with Gasteiger partial charge in [-0.05, 0) is 6.07 Å². The van der Waals surface area contributed by atoms with Crippen LogP contribution in [0.2, 0.25) is 5.02 Å². The number of hydrogen-bond acceptors (Lipinski definition) is 2. The lowest BCUT2D eigenvalue weighted by Gasteiger charge is -2.08. The number of nitrogens with zero attached hydrogens (tertiary/aromatic N) is 1. The summed E-state index contributed by atoms with van der Waals surface area (Å²) in [7, 11) is 0. The van der Waals surface area contributed by atoms with E-state index in [0.29, 0.717) is 5.69 Å². The van der Waals surface area contributed by atoms with Crippen molar-refractivity contribution in [3.05, 3.63) is 28.0 Å². The Kier molecular flexibility index (Phi) is 4.04. The SMILES string of the molecule is OCc1nc(CCl)c(Cl)cc1C(F)F. The monoisotopic (exact) mass is 241 g/mol. The Bertz CT molecular complexity index is 333. The molecule has 1 aromatic rings. The molecule has 0 aliphatic carbocycles. The van der Waals surface area contributed by atoms with Crippen molar-refractivity contribution in [2.75, 3.05) is 0 Å². The minimum atomic E-state index is -2.70. The summed E-state index contributed by atoms with van der Waals surface area (Å²) < 4.78 is 24.8. The highest BCUT2D eigenvalue weighted by molar-refractivity contribution is 6.32. The van der Waals surface area contributed by atoms with Gasteiger partial charge in [0, 0.05) is 5.56 Å². The second kappa shape index (κ2) is 4.87. The third-order valence-corrected chi connectivity index (χ3v) is 2.25. The maximum Gasteiger partial charge on any atom is 0.265 e. The van der Waals surface area contributed by atoms with Crippen molar-refractivity contribution in [1.82, 2.24) is 4.98 Å². The topological polar surface area (TPSA) is 33.1 Å². The van der Waals surface area contributed by atoms with Gasteiger partial charge in [-0.3, -0.25) is 4.98 Å². The lowest BCUT2D eigenvalue weighted by Crippen LogP contribution is -2.02. The highest BCUT2D eigenvalue weighted by Gasteiger charge is 2.16. The normalized spacial score (nSPS) is 11.0. The zero-order chi connectivity index (χ0) is 10.7. The lowest BCUT2D eigenvalue weighted by molar-refractivity contribution is 0.146. The van der Waals surface area contributed by atoms with Gasteiger partial charge in [-0.1, -0.05) is 11.6 Å². The lowest BCUT2D eigenvalue weighted by atomic mass is 10.2. The number of aliphatic hydroxyl groups excluding tert-OH is 1. The summed E-state index contributed by atoms with van der Waals surface area (Å²) in [4.78, 5) is 3.74. The molecule has 0 amide bonds. The van der Waals surface area contributed by atoms with Crippen LogP contribution in [-0.4, -0.2) is 10.1 Å². The first-order chi connectivity index (χ1) is 6.60. The second-order valence-corrected chi connectivity index (χ2v) is 3.22. The number of aromatic nitrogens is 1. The van der Waals surface area contributed by atoms with Crippen LogP contribution < -0.4 is 0 Å². The Morgan fingerprint density at radius 2 is 2.07 bits per heavy atom. The van der Waals surface area contributed by atoms with Crippen LogP contribution in [0, 0.1) is 0 Å². The van der Waals surface area contributed by atoms with Crippen molar-refractivity contribution in [2.24, 2.45) is 0 Å². The number of rotatable bonds is 3. The van der Waals surface area contributed by atoms with Crippen LogP contribution in [0.15, 0.2) is 6.07 Å². The number of aliphatic hydroxyl groups is 1. The number of pyridine rings is 1. The van der Waals surface area contributed by atoms with Gasteiger partial charge in [-0.2, -0.15) is 0 Å². The fraction of sp³-hybridized carbons (Fsp3) is 0.375. The molecule has 78 valence electrons. The van der Waals surface area contributed by atoms with Crippen LogP contribution in [0.25, 0.3) is 0 Å². The predicted molar refractivity (Wildman–Crippen MR) is 49.7 cm³/mol. The van der Waals surface area contributed by atoms with E-state index in [1.54, 1.807) is 0 Å². The molecule has 0 saturated heterocycles. The van der Waals surface area contributed by atoms with Gasteiger partial charge in [-0.25, -0.2) is 8.78 Å². The van der Waals surface area contributed by atoms with E-state index < -0.39 is 13.0 Å². The Morgan fingerprint density at radius 3 is 2.50 bits per heavy atom. The highest BCUT2D eigenvalue weighted by atomic mass is 35.5. The minimum absolute atomic E-state index is 0.0232. The van der Waals surface area contributed by atoms with Crippen molar-refractivity contribution in [2.45, 2.75) is 18.9 Å². The quantitative estimate of drug-likeness (QED) is 0.826. The molecule has 0 spiro atoms. The van der Waals surface area contributed by atoms with E-state index in [0.717, 1.165) is 6.07 Å². The minimum Gasteiger partial charge on any atom is -0.390 e. The van der Waals surface area contributed by atoms with E-state index in [4.69, 9.17) is 28.3 Å². The third kappa shape index (κ3) is 2.32. The van der Waals surface area contributed by atoms with Gasteiger partial charge in [0.05, 0.1) is 28.9 Å². The van der Waals surface area contributed by atoms with E-state index in [1.165, 1.54) is 0 Å². The Morgan fingerprint density at radius 1 is 1.43 bits per heavy atom. The molecule has 14 heavy (non-hydrogen) atoms. The fourth-order valence-corrected chi connectivity index (χ4v) is 1.49. The molecule has 0 unspecified atom stereocenters. The summed E-state index contributed by atoms with van der Waals surface area (Å²) in [5.41, 5.74) is -0.145. The summed E-state index contributed by atoms with van der Waals surface area (Å²) in [6, 6.07) is 1.09. The number of alkyl halides is 3. The Hall–Kier alpha value is -0.450. The average molecular weight is 242 g/mol. The molecule has 2 nitrogen and oxygen atoms in total. The largest absolute Gasteiger partial charge is 0.390 e. The molecule has 1 N–H and O–H groups in total. The van der Waals surface area contributed by atoms with Crippen LogP contribution in [0.1, 0.15) is 23.4 Å². The Balaban J connectivity index is 3.24. The van der Waals surface area contributed by atoms with Crippen LogP contribution in [0.5, 0.6) is 0 Å². The number of halogens is 4. The van der Waals surface area contributed by atoms with E-state index in [2.05, 4.69) is 4.98 Å². The van der Waals surface area contributed by atoms with Crippen molar-refractivity contribution in [3.63, 3.8) is 0 Å². The zero-order valence-corrected chi connectivity index (χ0v) is 8.49. The highest BCUT2D eigenvalue weighted by Crippen LogP contribution is 2.27. The molecule has 0 atom stereocenters. The summed E-state index contributed by atoms with van der Waals surface area (Å²) >= 11 is 11.1. The van der Waals surface area contributed by atoms with Crippen molar-refractivity contribution in [3.8, 4) is 0 Å². The molecule has 0 saturated carbocycles. The Labute approximate surface area is 89.5 Å². The van der Waals surface area contributed by atoms with E-state index in [-0.39, 0.29) is 22.2 Å². The van der Waals surface area contributed by atoms with Gasteiger partial charge in [0.25, 0.3) is 6.43 Å². The van der Waals surface area contributed by atoms with Crippen molar-refractivity contribution >= 4 is 23.2 Å². The van der Waals surface area contributed by atoms with Gasteiger partial charge in [0.1, 0.15) is 0 Å². The summed E-state index contributed by atoms with van der Waals surface area (Å²) in [5.74, 6) is 0.0232. The van der Waals surface area contributed by atoms with Crippen LogP contribution in [-0.2, 0) is 12.5 Å². The molecule has 0 fully saturated rings. The summed E-state index contributed by atoms with van der Waals surface area (Å²) in [5, 5.41) is 8.89. The first-order valence-electron chi connectivity index (χ1n) is 3.73. The van der Waals surface area contributed by atoms with Crippen LogP contribution in [0.3, 0.4) is 0 Å². The molecule has 1 aromatic heterocycles. The van der Waals surface area contributed by atoms with Gasteiger partial charge in [-0.15, -0.1) is 11.6 Å². The summed E-state index contributed by atoms with van der Waals surface area (Å²) in [6.45, 7) is -0.555. The van der Waals surface area contributed by atoms with Crippen LogP contribution >= 0.6 is 23.2 Å². The van der Waals surface area contributed by atoms with Gasteiger partial charge in [0.2, 0.25) is 0 Å². The van der Waals surface area contributed by atoms with Crippen molar-refractivity contribution in [1.29, 1.82) is 0 Å². The first kappa shape index (κ1) is 11.6. The summed E-state index contributed by atoms with van der Waals surface area (Å²) in [6.07, 6.45) is -2.70. The molecule has 6 heteroatoms. The second-order valence-electron chi connectivity index (χ2n) is 2.55. The van der Waals surface area contributed by atoms with E-state index >= 15 is 0 Å². The average Bonchev–Trinajstić information content (AvgIpc) is 2.17. The van der Waals surface area contributed by atoms with E-state index in [9.17, 15) is 8.78 Å². The molecular formula is C8H7Cl2F2NO. The van der Waals surface area contributed by atoms with E-state index in [1.807, 2.05) is 0 Å².